The fourth-order valence-electron chi connectivity index (χ4n) is 4.66. The number of anilines is 1. The van der Waals surface area contributed by atoms with Crippen LogP contribution in [0.15, 0.2) is 36.5 Å². The molecular formula is C24H31N5O2. The second kappa shape index (κ2) is 9.22. The number of fused-ring (bicyclic) bond motifs is 1. The first-order chi connectivity index (χ1) is 15.3. The van der Waals surface area contributed by atoms with Crippen LogP contribution in [0, 0.1) is 0 Å². The molecule has 5 rings (SSSR count). The lowest BCUT2D eigenvalue weighted by Gasteiger charge is -2.43. The molecule has 0 unspecified atom stereocenters. The quantitative estimate of drug-likeness (QED) is 0.737. The van der Waals surface area contributed by atoms with E-state index in [1.54, 1.807) is 0 Å². The standard InChI is InChI=1S/C24H31N5O2/c30-23(18-31-21-7-2-1-3-8-21)28-11-9-19-17-25-24(26-22(19)10-12-28)29-15-13-27(14-16-29)20-5-4-6-20/h1-3,7-8,17,20H,4-6,9-16,18H2. The van der Waals surface area contributed by atoms with Crippen LogP contribution < -0.4 is 9.64 Å². The van der Waals surface area contributed by atoms with Crippen molar-refractivity contribution in [3.05, 3.63) is 47.8 Å². The smallest absolute Gasteiger partial charge is 0.260 e. The van der Waals surface area contributed by atoms with E-state index in [2.05, 4.69) is 14.8 Å². The fraction of sp³-hybridized carbons (Fsp3) is 0.542. The van der Waals surface area contributed by atoms with Gasteiger partial charge in [-0.25, -0.2) is 9.97 Å². The maximum Gasteiger partial charge on any atom is 0.260 e. The van der Waals surface area contributed by atoms with Gasteiger partial charge in [-0.1, -0.05) is 24.6 Å². The van der Waals surface area contributed by atoms with Gasteiger partial charge < -0.3 is 14.5 Å². The SMILES string of the molecule is O=C(COc1ccccc1)N1CCc2cnc(N3CCN(C4CCC4)CC3)nc2CC1. The fourth-order valence-corrected chi connectivity index (χ4v) is 4.66. The van der Waals surface area contributed by atoms with E-state index < -0.39 is 0 Å². The molecular weight excluding hydrogens is 390 g/mol. The van der Waals surface area contributed by atoms with E-state index in [0.717, 1.165) is 68.0 Å². The number of carbonyl (C=O) groups is 1. The molecule has 0 bridgehead atoms. The Kier molecular flexibility index (Phi) is 6.02. The Morgan fingerprint density at radius 2 is 1.77 bits per heavy atom. The molecule has 1 aromatic carbocycles. The van der Waals surface area contributed by atoms with Crippen LogP contribution in [0.3, 0.4) is 0 Å². The minimum atomic E-state index is 0.0250. The second-order valence-electron chi connectivity index (χ2n) is 8.73. The molecule has 1 saturated heterocycles. The molecule has 0 atom stereocenters. The van der Waals surface area contributed by atoms with Gasteiger partial charge in [0.25, 0.3) is 5.91 Å². The molecule has 31 heavy (non-hydrogen) atoms. The van der Waals surface area contributed by atoms with Crippen LogP contribution in [0.4, 0.5) is 5.95 Å². The number of amides is 1. The van der Waals surface area contributed by atoms with Gasteiger partial charge in [-0.15, -0.1) is 0 Å². The Hall–Kier alpha value is -2.67. The van der Waals surface area contributed by atoms with Crippen molar-refractivity contribution in [1.29, 1.82) is 0 Å². The minimum absolute atomic E-state index is 0.0250. The van der Waals surface area contributed by atoms with Crippen molar-refractivity contribution in [3.8, 4) is 5.75 Å². The summed E-state index contributed by atoms with van der Waals surface area (Å²) in [4.78, 5) is 29.1. The van der Waals surface area contributed by atoms with Crippen LogP contribution in [-0.4, -0.2) is 77.6 Å². The molecule has 0 N–H and O–H groups in total. The van der Waals surface area contributed by atoms with Crippen molar-refractivity contribution in [2.45, 2.75) is 38.1 Å². The van der Waals surface area contributed by atoms with Gasteiger partial charge in [0.15, 0.2) is 6.61 Å². The molecule has 0 spiro atoms. The molecule has 1 aromatic heterocycles. The molecule has 7 nitrogen and oxygen atoms in total. The summed E-state index contributed by atoms with van der Waals surface area (Å²) in [6.45, 7) is 5.64. The molecule has 1 amide bonds. The lowest BCUT2D eigenvalue weighted by molar-refractivity contribution is -0.133. The zero-order valence-corrected chi connectivity index (χ0v) is 18.1. The Bertz CT molecular complexity index is 894. The van der Waals surface area contributed by atoms with Gasteiger partial charge in [0, 0.05) is 57.9 Å². The van der Waals surface area contributed by atoms with Crippen molar-refractivity contribution < 1.29 is 9.53 Å². The number of carbonyl (C=O) groups excluding carboxylic acids is 1. The van der Waals surface area contributed by atoms with Gasteiger partial charge >= 0.3 is 0 Å². The van der Waals surface area contributed by atoms with Crippen molar-refractivity contribution in [1.82, 2.24) is 19.8 Å². The normalized spacial score (nSPS) is 20.0. The third kappa shape index (κ3) is 4.66. The Morgan fingerprint density at radius 1 is 1.00 bits per heavy atom. The number of ether oxygens (including phenoxy) is 1. The van der Waals surface area contributed by atoms with Crippen molar-refractivity contribution >= 4 is 11.9 Å². The molecule has 1 aliphatic carbocycles. The van der Waals surface area contributed by atoms with Crippen LogP contribution in [0.25, 0.3) is 0 Å². The molecule has 2 aliphatic heterocycles. The van der Waals surface area contributed by atoms with E-state index in [4.69, 9.17) is 9.72 Å². The van der Waals surface area contributed by atoms with E-state index in [-0.39, 0.29) is 12.5 Å². The highest BCUT2D eigenvalue weighted by Gasteiger charge is 2.29. The summed E-state index contributed by atoms with van der Waals surface area (Å²) in [5, 5.41) is 0. The van der Waals surface area contributed by atoms with E-state index in [0.29, 0.717) is 13.1 Å². The summed E-state index contributed by atoms with van der Waals surface area (Å²) in [5.74, 6) is 1.60. The number of benzene rings is 1. The summed E-state index contributed by atoms with van der Waals surface area (Å²) in [5.41, 5.74) is 2.25. The number of rotatable bonds is 5. The van der Waals surface area contributed by atoms with Gasteiger partial charge in [-0.05, 0) is 37.0 Å². The summed E-state index contributed by atoms with van der Waals surface area (Å²) in [6, 6.07) is 10.3. The molecule has 7 heteroatoms. The first-order valence-electron chi connectivity index (χ1n) is 11.6. The van der Waals surface area contributed by atoms with E-state index in [1.165, 1.54) is 19.3 Å². The number of piperazine rings is 1. The average Bonchev–Trinajstić information content (AvgIpc) is 3.00. The molecule has 1 saturated carbocycles. The van der Waals surface area contributed by atoms with Gasteiger partial charge in [0.05, 0.1) is 5.69 Å². The highest BCUT2D eigenvalue weighted by molar-refractivity contribution is 5.78. The lowest BCUT2D eigenvalue weighted by atomic mass is 9.91. The van der Waals surface area contributed by atoms with Gasteiger partial charge in [0.2, 0.25) is 5.95 Å². The number of nitrogens with zero attached hydrogens (tertiary/aromatic N) is 5. The van der Waals surface area contributed by atoms with E-state index in [1.807, 2.05) is 41.4 Å². The van der Waals surface area contributed by atoms with E-state index in [9.17, 15) is 4.79 Å². The molecule has 3 heterocycles. The van der Waals surface area contributed by atoms with Crippen LogP contribution in [0.2, 0.25) is 0 Å². The first kappa shape index (κ1) is 20.2. The topological polar surface area (TPSA) is 61.8 Å². The molecule has 0 radical (unpaired) electrons. The van der Waals surface area contributed by atoms with Crippen LogP contribution in [-0.2, 0) is 17.6 Å². The van der Waals surface area contributed by atoms with Crippen molar-refractivity contribution in [2.24, 2.45) is 0 Å². The zero-order valence-electron chi connectivity index (χ0n) is 18.1. The third-order valence-electron chi connectivity index (χ3n) is 6.86. The zero-order chi connectivity index (χ0) is 21.0. The summed E-state index contributed by atoms with van der Waals surface area (Å²) in [7, 11) is 0. The van der Waals surface area contributed by atoms with Crippen molar-refractivity contribution in [2.75, 3.05) is 50.8 Å². The van der Waals surface area contributed by atoms with Gasteiger partial charge in [-0.2, -0.15) is 0 Å². The molecule has 2 fully saturated rings. The Balaban J connectivity index is 1.16. The number of hydrogen-bond acceptors (Lipinski definition) is 6. The third-order valence-corrected chi connectivity index (χ3v) is 6.86. The van der Waals surface area contributed by atoms with E-state index >= 15 is 0 Å². The summed E-state index contributed by atoms with van der Waals surface area (Å²) < 4.78 is 5.65. The largest absolute Gasteiger partial charge is 0.484 e. The number of aromatic nitrogens is 2. The van der Waals surface area contributed by atoms with Gasteiger partial charge in [0.1, 0.15) is 5.75 Å². The number of para-hydroxylation sites is 1. The van der Waals surface area contributed by atoms with Crippen LogP contribution >= 0.6 is 0 Å². The Labute approximate surface area is 184 Å². The predicted octanol–water partition coefficient (Wildman–Crippen LogP) is 2.16. The maximum atomic E-state index is 12.7. The van der Waals surface area contributed by atoms with Gasteiger partial charge in [-0.3, -0.25) is 9.69 Å². The monoisotopic (exact) mass is 421 g/mol. The molecule has 164 valence electrons. The van der Waals surface area contributed by atoms with Crippen LogP contribution in [0.5, 0.6) is 5.75 Å². The average molecular weight is 422 g/mol. The molecule has 3 aliphatic rings. The minimum Gasteiger partial charge on any atom is -0.484 e. The van der Waals surface area contributed by atoms with Crippen molar-refractivity contribution in [3.63, 3.8) is 0 Å². The number of hydrogen-bond donors (Lipinski definition) is 0. The maximum absolute atomic E-state index is 12.7. The molecule has 2 aromatic rings. The predicted molar refractivity (Wildman–Crippen MR) is 119 cm³/mol. The summed E-state index contributed by atoms with van der Waals surface area (Å²) in [6.07, 6.45) is 7.65. The first-order valence-corrected chi connectivity index (χ1v) is 11.6. The lowest BCUT2D eigenvalue weighted by Crippen LogP contribution is -2.52. The Morgan fingerprint density at radius 3 is 2.52 bits per heavy atom. The highest BCUT2D eigenvalue weighted by atomic mass is 16.5. The summed E-state index contributed by atoms with van der Waals surface area (Å²) >= 11 is 0. The highest BCUT2D eigenvalue weighted by Crippen LogP contribution is 2.26. The van der Waals surface area contributed by atoms with Crippen LogP contribution in [0.1, 0.15) is 30.5 Å². The second-order valence-corrected chi connectivity index (χ2v) is 8.73.